The Kier molecular flexibility index (Phi) is 3.61. The molecule has 1 N–H and O–H groups in total. The van der Waals surface area contributed by atoms with E-state index in [0.717, 1.165) is 16.7 Å². The van der Waals surface area contributed by atoms with Crippen molar-refractivity contribution in [2.24, 2.45) is 0 Å². The summed E-state index contributed by atoms with van der Waals surface area (Å²) in [5, 5.41) is 2.56. The molecule has 0 aliphatic heterocycles. The highest BCUT2D eigenvalue weighted by Crippen LogP contribution is 2.32. The Bertz CT molecular complexity index is 610. The number of nitrogens with one attached hydrogen (secondary N) is 1. The van der Waals surface area contributed by atoms with Crippen molar-refractivity contribution in [3.05, 3.63) is 113 Å². The Labute approximate surface area is 124 Å². The van der Waals surface area contributed by atoms with Crippen LogP contribution in [0.5, 0.6) is 0 Å². The minimum atomic E-state index is -0.774. The summed E-state index contributed by atoms with van der Waals surface area (Å²) in [4.78, 5) is 0. The van der Waals surface area contributed by atoms with E-state index in [-0.39, 0.29) is 0 Å². The van der Waals surface area contributed by atoms with Gasteiger partial charge in [-0.15, -0.1) is 0 Å². The van der Waals surface area contributed by atoms with E-state index in [2.05, 4.69) is 5.11 Å². The van der Waals surface area contributed by atoms with Gasteiger partial charge in [0.25, 0.3) is 0 Å². The van der Waals surface area contributed by atoms with E-state index >= 15 is 0 Å². The quantitative estimate of drug-likeness (QED) is 0.560. The molecule has 0 bridgehead atoms. The van der Waals surface area contributed by atoms with E-state index in [9.17, 15) is 5.53 Å². The molecule has 21 heavy (non-hydrogen) atoms. The van der Waals surface area contributed by atoms with Gasteiger partial charge in [0.05, 0.1) is 0 Å². The van der Waals surface area contributed by atoms with Gasteiger partial charge in [0.2, 0.25) is 5.54 Å². The van der Waals surface area contributed by atoms with Crippen molar-refractivity contribution < 1.29 is 5.11 Å². The number of hydrogen-bond acceptors (Lipinski definition) is 0. The fourth-order valence-electron chi connectivity index (χ4n) is 2.76. The first-order valence-electron chi connectivity index (χ1n) is 6.96. The molecule has 0 saturated carbocycles. The highest BCUT2D eigenvalue weighted by atomic mass is 15.0. The predicted octanol–water partition coefficient (Wildman–Crippen LogP) is 3.08. The molecule has 2 heteroatoms. The van der Waals surface area contributed by atoms with Crippen LogP contribution in [0, 0.1) is 0 Å². The Morgan fingerprint density at radius 3 is 1.05 bits per heavy atom. The first-order valence-corrected chi connectivity index (χ1v) is 6.96. The van der Waals surface area contributed by atoms with Crippen molar-refractivity contribution in [3.8, 4) is 0 Å². The molecule has 0 radical (unpaired) electrons. The fraction of sp³-hybridized carbons (Fsp3) is 0.0526. The number of nitrogens with zero attached hydrogens (tertiary/aromatic N) is 1. The smallest absolute Gasteiger partial charge is 0.226 e. The van der Waals surface area contributed by atoms with Gasteiger partial charge in [-0.25, -0.2) is 0 Å². The molecule has 3 aromatic rings. The molecule has 3 aromatic carbocycles. The van der Waals surface area contributed by atoms with Crippen molar-refractivity contribution in [3.63, 3.8) is 0 Å². The zero-order valence-corrected chi connectivity index (χ0v) is 11.6. The lowest BCUT2D eigenvalue weighted by Crippen LogP contribution is -2.79. The second kappa shape index (κ2) is 5.71. The molecule has 0 saturated heterocycles. The lowest BCUT2D eigenvalue weighted by Gasteiger charge is -2.28. The van der Waals surface area contributed by atoms with Crippen molar-refractivity contribution in [2.45, 2.75) is 5.54 Å². The number of rotatable bonds is 4. The van der Waals surface area contributed by atoms with Gasteiger partial charge in [-0.3, -0.25) is 0 Å². The molecule has 0 aliphatic carbocycles. The van der Waals surface area contributed by atoms with Gasteiger partial charge in [-0.1, -0.05) is 91.0 Å². The topological polar surface area (TPSA) is 36.3 Å². The second-order valence-corrected chi connectivity index (χ2v) is 4.96. The van der Waals surface area contributed by atoms with Crippen LogP contribution in [-0.2, 0) is 5.54 Å². The van der Waals surface area contributed by atoms with Gasteiger partial charge in [0, 0.05) is 16.7 Å². The monoisotopic (exact) mass is 272 g/mol. The van der Waals surface area contributed by atoms with E-state index in [0.29, 0.717) is 0 Å². The van der Waals surface area contributed by atoms with Gasteiger partial charge in [0.15, 0.2) is 0 Å². The Morgan fingerprint density at radius 1 is 0.524 bits per heavy atom. The summed E-state index contributed by atoms with van der Waals surface area (Å²) in [5.74, 6) is 0. The summed E-state index contributed by atoms with van der Waals surface area (Å²) in [6.45, 7) is 0. The molecule has 0 aromatic heterocycles. The summed E-state index contributed by atoms with van der Waals surface area (Å²) in [6.07, 6.45) is 0. The Balaban J connectivity index is 2.31. The maximum atomic E-state index is 10.1. The van der Waals surface area contributed by atoms with Crippen LogP contribution in [0.25, 0.3) is 5.53 Å². The van der Waals surface area contributed by atoms with Crippen LogP contribution < -0.4 is 5.11 Å². The van der Waals surface area contributed by atoms with E-state index < -0.39 is 5.54 Å². The van der Waals surface area contributed by atoms with Gasteiger partial charge >= 0.3 is 0 Å². The summed E-state index contributed by atoms with van der Waals surface area (Å²) in [5.41, 5.74) is 12.3. The molecule has 0 amide bonds. The van der Waals surface area contributed by atoms with Crippen molar-refractivity contribution >= 4 is 0 Å². The molecular weight excluding hydrogens is 256 g/mol. The zero-order chi connectivity index (χ0) is 14.5. The van der Waals surface area contributed by atoms with Crippen LogP contribution in [0.3, 0.4) is 0 Å². The average Bonchev–Trinajstić information content (AvgIpc) is 2.59. The molecule has 0 spiro atoms. The van der Waals surface area contributed by atoms with Crippen molar-refractivity contribution in [1.29, 1.82) is 0 Å². The molecule has 0 heterocycles. The standard InChI is InChI=1S/C19H16N2/c20-21-19(16-10-4-1-5-11-16,17-12-6-2-7-13-17)18-14-8-3-9-15-18/h1-15,21H. The predicted molar refractivity (Wildman–Crippen MR) is 83.5 cm³/mol. The lowest BCUT2D eigenvalue weighted by atomic mass is 9.78. The highest BCUT2D eigenvalue weighted by molar-refractivity contribution is 5.46. The lowest BCUT2D eigenvalue weighted by molar-refractivity contribution is -0.557. The number of hydrogen-bond donors (Lipinski definition) is 1. The molecule has 0 fully saturated rings. The summed E-state index contributed by atoms with van der Waals surface area (Å²) >= 11 is 0. The summed E-state index contributed by atoms with van der Waals surface area (Å²) in [6, 6.07) is 29.9. The Hall–Kier alpha value is -2.74. The van der Waals surface area contributed by atoms with Crippen LogP contribution >= 0.6 is 0 Å². The fourth-order valence-corrected chi connectivity index (χ4v) is 2.76. The first-order chi connectivity index (χ1) is 10.4. The second-order valence-electron chi connectivity index (χ2n) is 4.96. The molecule has 102 valence electrons. The third-order valence-corrected chi connectivity index (χ3v) is 3.79. The maximum Gasteiger partial charge on any atom is 0.226 e. The van der Waals surface area contributed by atoms with Gasteiger partial charge in [-0.05, 0) is 0 Å². The molecular formula is C19H16N2. The summed E-state index contributed by atoms with van der Waals surface area (Å²) < 4.78 is 0. The van der Waals surface area contributed by atoms with E-state index in [1.54, 1.807) is 0 Å². The highest BCUT2D eigenvalue weighted by Gasteiger charge is 2.39. The maximum absolute atomic E-state index is 10.1. The number of benzene rings is 3. The van der Waals surface area contributed by atoms with Gasteiger partial charge in [0.1, 0.15) is 0 Å². The minimum Gasteiger partial charge on any atom is -0.507 e. The Morgan fingerprint density at radius 2 is 0.810 bits per heavy atom. The SMILES string of the molecule is [N-]=[NH+]C(c1ccccc1)(c1ccccc1)c1ccccc1. The third-order valence-electron chi connectivity index (χ3n) is 3.79. The van der Waals surface area contributed by atoms with E-state index in [1.165, 1.54) is 0 Å². The zero-order valence-electron chi connectivity index (χ0n) is 11.6. The van der Waals surface area contributed by atoms with Crippen molar-refractivity contribution in [2.75, 3.05) is 0 Å². The van der Waals surface area contributed by atoms with E-state index in [4.69, 9.17) is 0 Å². The third kappa shape index (κ3) is 2.25. The van der Waals surface area contributed by atoms with Crippen LogP contribution in [0.15, 0.2) is 91.0 Å². The molecule has 0 aliphatic rings. The van der Waals surface area contributed by atoms with Crippen LogP contribution in [0.2, 0.25) is 0 Å². The molecule has 0 unspecified atom stereocenters. The normalized spacial score (nSPS) is 11.0. The van der Waals surface area contributed by atoms with E-state index in [1.807, 2.05) is 91.0 Å². The molecule has 2 nitrogen and oxygen atoms in total. The molecule has 3 rings (SSSR count). The summed E-state index contributed by atoms with van der Waals surface area (Å²) in [7, 11) is 0. The van der Waals surface area contributed by atoms with Crippen molar-refractivity contribution in [1.82, 2.24) is 0 Å². The van der Waals surface area contributed by atoms with Gasteiger partial charge < -0.3 is 10.6 Å². The van der Waals surface area contributed by atoms with Gasteiger partial charge in [-0.2, -0.15) is 0 Å². The first kappa shape index (κ1) is 13.3. The minimum absolute atomic E-state index is 0.774. The average molecular weight is 272 g/mol. The van der Waals surface area contributed by atoms with Crippen LogP contribution in [-0.4, -0.2) is 0 Å². The van der Waals surface area contributed by atoms with Crippen LogP contribution in [0.4, 0.5) is 0 Å². The molecule has 0 atom stereocenters. The largest absolute Gasteiger partial charge is 0.507 e. The van der Waals surface area contributed by atoms with Crippen LogP contribution in [0.1, 0.15) is 16.7 Å².